The highest BCUT2D eigenvalue weighted by Crippen LogP contribution is 2.17. The zero-order chi connectivity index (χ0) is 22.1. The Morgan fingerprint density at radius 1 is 0.968 bits per heavy atom. The number of hydrogen-bond donors (Lipinski definition) is 1. The van der Waals surface area contributed by atoms with Gasteiger partial charge in [-0.15, -0.1) is 0 Å². The van der Waals surface area contributed by atoms with Gasteiger partial charge in [-0.1, -0.05) is 24.3 Å². The zero-order valence-corrected chi connectivity index (χ0v) is 18.3. The maximum Gasteiger partial charge on any atom is 0.340 e. The highest BCUT2D eigenvalue weighted by molar-refractivity contribution is 6.01. The van der Waals surface area contributed by atoms with Crippen molar-refractivity contribution in [2.45, 2.75) is 19.9 Å². The molecule has 0 unspecified atom stereocenters. The minimum atomic E-state index is -0.428. The third kappa shape index (κ3) is 6.80. The second kappa shape index (κ2) is 11.5. The fraction of sp³-hybridized carbons (Fsp3) is 0.417. The Balaban J connectivity index is 1.51. The number of rotatable bonds is 8. The van der Waals surface area contributed by atoms with Crippen LogP contribution in [0.25, 0.3) is 0 Å². The molecular formula is C24H31N3O4. The summed E-state index contributed by atoms with van der Waals surface area (Å²) in [5.74, 6) is 0.309. The molecule has 1 N–H and O–H groups in total. The molecular weight excluding hydrogens is 394 g/mol. The first-order valence-corrected chi connectivity index (χ1v) is 10.7. The summed E-state index contributed by atoms with van der Waals surface area (Å²) < 4.78 is 10.3. The highest BCUT2D eigenvalue weighted by atomic mass is 16.5. The minimum absolute atomic E-state index is 0.125. The molecule has 0 aliphatic carbocycles. The fourth-order valence-electron chi connectivity index (χ4n) is 3.70. The molecule has 1 aliphatic rings. The average molecular weight is 426 g/mol. The van der Waals surface area contributed by atoms with E-state index in [0.717, 1.165) is 44.9 Å². The van der Waals surface area contributed by atoms with E-state index in [4.69, 9.17) is 9.47 Å². The van der Waals surface area contributed by atoms with Gasteiger partial charge in [-0.05, 0) is 56.3 Å². The molecule has 1 aliphatic heterocycles. The second-order valence-corrected chi connectivity index (χ2v) is 7.57. The number of hydrogen-bond acceptors (Lipinski definition) is 6. The van der Waals surface area contributed by atoms with E-state index in [2.05, 4.69) is 27.2 Å². The number of esters is 1. The molecule has 0 saturated carbocycles. The van der Waals surface area contributed by atoms with E-state index in [1.54, 1.807) is 38.3 Å². The quantitative estimate of drug-likeness (QED) is 0.656. The normalized spacial score (nSPS) is 15.2. The fourth-order valence-corrected chi connectivity index (χ4v) is 3.70. The van der Waals surface area contributed by atoms with E-state index in [1.807, 2.05) is 12.1 Å². The molecule has 2 aromatic rings. The standard InChI is InChI=1S/C24H31N3O4/c1-3-31-24(29)21-7-4-5-8-22(21)25-23(28)18-27-14-6-13-26(15-16-27)17-19-9-11-20(30-2)12-10-19/h4-5,7-12H,3,6,13-18H2,1-2H3,(H,25,28). The molecule has 31 heavy (non-hydrogen) atoms. The number of nitrogens with one attached hydrogen (secondary N) is 1. The van der Waals surface area contributed by atoms with Crippen molar-refractivity contribution < 1.29 is 19.1 Å². The van der Waals surface area contributed by atoms with Crippen LogP contribution in [0.3, 0.4) is 0 Å². The lowest BCUT2D eigenvalue weighted by Crippen LogP contribution is -2.36. The smallest absolute Gasteiger partial charge is 0.340 e. The van der Waals surface area contributed by atoms with Gasteiger partial charge in [0.05, 0.1) is 31.5 Å². The molecule has 7 heteroatoms. The van der Waals surface area contributed by atoms with Crippen molar-refractivity contribution in [1.29, 1.82) is 0 Å². The van der Waals surface area contributed by atoms with Gasteiger partial charge in [0.25, 0.3) is 0 Å². The molecule has 166 valence electrons. The first-order chi connectivity index (χ1) is 15.1. The number of methoxy groups -OCH3 is 1. The number of ether oxygens (including phenoxy) is 2. The van der Waals surface area contributed by atoms with Crippen molar-refractivity contribution in [2.24, 2.45) is 0 Å². The Bertz CT molecular complexity index is 869. The van der Waals surface area contributed by atoms with Crippen LogP contribution in [0.15, 0.2) is 48.5 Å². The van der Waals surface area contributed by atoms with Gasteiger partial charge in [-0.2, -0.15) is 0 Å². The monoisotopic (exact) mass is 425 g/mol. The van der Waals surface area contributed by atoms with Crippen LogP contribution in [0, 0.1) is 0 Å². The van der Waals surface area contributed by atoms with Crippen molar-refractivity contribution >= 4 is 17.6 Å². The van der Waals surface area contributed by atoms with Gasteiger partial charge in [0.2, 0.25) is 5.91 Å². The Hall–Kier alpha value is -2.90. The van der Waals surface area contributed by atoms with Gasteiger partial charge in [-0.25, -0.2) is 4.79 Å². The summed E-state index contributed by atoms with van der Waals surface area (Å²) in [4.78, 5) is 29.3. The molecule has 0 atom stereocenters. The van der Waals surface area contributed by atoms with Crippen molar-refractivity contribution in [2.75, 3.05) is 51.8 Å². The average Bonchev–Trinajstić information content (AvgIpc) is 2.99. The number of nitrogens with zero attached hydrogens (tertiary/aromatic N) is 2. The lowest BCUT2D eigenvalue weighted by molar-refractivity contribution is -0.117. The van der Waals surface area contributed by atoms with E-state index in [-0.39, 0.29) is 5.91 Å². The number of carbonyl (C=O) groups is 2. The summed E-state index contributed by atoms with van der Waals surface area (Å²) in [5.41, 5.74) is 2.11. The van der Waals surface area contributed by atoms with Crippen LogP contribution < -0.4 is 10.1 Å². The van der Waals surface area contributed by atoms with Crippen molar-refractivity contribution in [3.05, 3.63) is 59.7 Å². The van der Waals surface area contributed by atoms with Crippen molar-refractivity contribution in [3.63, 3.8) is 0 Å². The van der Waals surface area contributed by atoms with Gasteiger partial charge in [0.1, 0.15) is 5.75 Å². The Morgan fingerprint density at radius 2 is 1.68 bits per heavy atom. The molecule has 0 spiro atoms. The van der Waals surface area contributed by atoms with Gasteiger partial charge in [-0.3, -0.25) is 14.6 Å². The molecule has 1 fully saturated rings. The van der Waals surface area contributed by atoms with Crippen LogP contribution >= 0.6 is 0 Å². The lowest BCUT2D eigenvalue weighted by Gasteiger charge is -2.22. The van der Waals surface area contributed by atoms with E-state index < -0.39 is 5.97 Å². The number of amides is 1. The molecule has 0 bridgehead atoms. The maximum atomic E-state index is 12.6. The van der Waals surface area contributed by atoms with Gasteiger partial charge < -0.3 is 14.8 Å². The summed E-state index contributed by atoms with van der Waals surface area (Å²) >= 11 is 0. The topological polar surface area (TPSA) is 71.1 Å². The predicted molar refractivity (Wildman–Crippen MR) is 120 cm³/mol. The van der Waals surface area contributed by atoms with Crippen LogP contribution in [-0.2, 0) is 16.1 Å². The SMILES string of the molecule is CCOC(=O)c1ccccc1NC(=O)CN1CCCN(Cc2ccc(OC)cc2)CC1. The van der Waals surface area contributed by atoms with Gasteiger partial charge in [0.15, 0.2) is 0 Å². The maximum absolute atomic E-state index is 12.6. The Labute approximate surface area is 183 Å². The van der Waals surface area contributed by atoms with Crippen LogP contribution in [-0.4, -0.2) is 68.1 Å². The van der Waals surface area contributed by atoms with E-state index in [1.165, 1.54) is 5.56 Å². The van der Waals surface area contributed by atoms with Gasteiger partial charge >= 0.3 is 5.97 Å². The third-order valence-corrected chi connectivity index (χ3v) is 5.31. The Kier molecular flexibility index (Phi) is 8.44. The molecule has 3 rings (SSSR count). The van der Waals surface area contributed by atoms with E-state index in [9.17, 15) is 9.59 Å². The van der Waals surface area contributed by atoms with Crippen molar-refractivity contribution in [3.8, 4) is 5.75 Å². The molecule has 7 nitrogen and oxygen atoms in total. The van der Waals surface area contributed by atoms with Crippen LogP contribution in [0.2, 0.25) is 0 Å². The third-order valence-electron chi connectivity index (χ3n) is 5.31. The lowest BCUT2D eigenvalue weighted by atomic mass is 10.2. The minimum Gasteiger partial charge on any atom is -0.497 e. The van der Waals surface area contributed by atoms with Crippen LogP contribution in [0.1, 0.15) is 29.3 Å². The first-order valence-electron chi connectivity index (χ1n) is 10.7. The number of carbonyl (C=O) groups excluding carboxylic acids is 2. The predicted octanol–water partition coefficient (Wildman–Crippen LogP) is 3.02. The largest absolute Gasteiger partial charge is 0.497 e. The number of para-hydroxylation sites is 1. The van der Waals surface area contributed by atoms with E-state index in [0.29, 0.717) is 24.4 Å². The summed E-state index contributed by atoms with van der Waals surface area (Å²) in [6.07, 6.45) is 1.00. The number of benzene rings is 2. The van der Waals surface area contributed by atoms with Crippen LogP contribution in [0.5, 0.6) is 5.75 Å². The summed E-state index contributed by atoms with van der Waals surface area (Å²) in [6.45, 7) is 6.83. The molecule has 0 radical (unpaired) electrons. The van der Waals surface area contributed by atoms with Crippen molar-refractivity contribution in [1.82, 2.24) is 9.80 Å². The highest BCUT2D eigenvalue weighted by Gasteiger charge is 2.19. The molecule has 1 amide bonds. The van der Waals surface area contributed by atoms with Gasteiger partial charge in [0, 0.05) is 19.6 Å². The summed E-state index contributed by atoms with van der Waals surface area (Å²) in [6, 6.07) is 15.1. The zero-order valence-electron chi connectivity index (χ0n) is 18.3. The summed E-state index contributed by atoms with van der Waals surface area (Å²) in [7, 11) is 1.67. The van der Waals surface area contributed by atoms with E-state index >= 15 is 0 Å². The molecule has 1 saturated heterocycles. The van der Waals surface area contributed by atoms with Crippen LogP contribution in [0.4, 0.5) is 5.69 Å². The summed E-state index contributed by atoms with van der Waals surface area (Å²) in [5, 5.41) is 2.87. The number of anilines is 1. The molecule has 1 heterocycles. The first kappa shape index (κ1) is 22.8. The molecule has 2 aromatic carbocycles. The Morgan fingerprint density at radius 3 is 2.42 bits per heavy atom. The molecule has 0 aromatic heterocycles. The second-order valence-electron chi connectivity index (χ2n) is 7.57.